The number of carboxylic acid groups (broad SMARTS) is 1. The molecule has 10 heteroatoms. The molecule has 1 heterocycles. The standard InChI is InChI=1S/C36H37N3O7/c1-2-3-4-5-6-22-45-31-19-13-28(14-20-31)36(44)46-32-17-9-26(10-18-32)24-39(25-33(40)41)35(43)27-11-15-30(16-12-27)38-34(42)29-8-7-21-37-23-29/h7-21,23H,2-6,22,24-25H2,1H3,(H,38,42)(H,40,41). The van der Waals surface area contributed by atoms with Crippen molar-refractivity contribution in [3.63, 3.8) is 0 Å². The highest BCUT2D eigenvalue weighted by molar-refractivity contribution is 6.04. The third-order valence-corrected chi connectivity index (χ3v) is 7.04. The van der Waals surface area contributed by atoms with Crippen molar-refractivity contribution in [2.75, 3.05) is 18.5 Å². The molecule has 2 amide bonds. The van der Waals surface area contributed by atoms with Gasteiger partial charge in [-0.25, -0.2) is 4.79 Å². The number of ether oxygens (including phenoxy) is 2. The molecule has 46 heavy (non-hydrogen) atoms. The van der Waals surface area contributed by atoms with Crippen LogP contribution in [0.2, 0.25) is 0 Å². The Hall–Kier alpha value is -5.51. The summed E-state index contributed by atoms with van der Waals surface area (Å²) in [7, 11) is 0. The average molecular weight is 624 g/mol. The summed E-state index contributed by atoms with van der Waals surface area (Å²) < 4.78 is 11.3. The molecule has 238 valence electrons. The Balaban J connectivity index is 1.31. The number of amides is 2. The Morgan fingerprint density at radius 3 is 2.11 bits per heavy atom. The minimum atomic E-state index is -1.16. The summed E-state index contributed by atoms with van der Waals surface area (Å²) >= 11 is 0. The number of aliphatic carboxylic acids is 1. The van der Waals surface area contributed by atoms with Gasteiger partial charge in [-0.15, -0.1) is 0 Å². The van der Waals surface area contributed by atoms with Gasteiger partial charge in [-0.2, -0.15) is 0 Å². The molecule has 2 N–H and O–H groups in total. The van der Waals surface area contributed by atoms with Crippen LogP contribution >= 0.6 is 0 Å². The van der Waals surface area contributed by atoms with Crippen LogP contribution in [0.4, 0.5) is 5.69 Å². The Bertz CT molecular complexity index is 1590. The van der Waals surface area contributed by atoms with E-state index in [0.717, 1.165) is 12.8 Å². The largest absolute Gasteiger partial charge is 0.494 e. The fourth-order valence-corrected chi connectivity index (χ4v) is 4.57. The van der Waals surface area contributed by atoms with Crippen LogP contribution in [0.3, 0.4) is 0 Å². The smallest absolute Gasteiger partial charge is 0.343 e. The zero-order valence-electron chi connectivity index (χ0n) is 25.7. The maximum atomic E-state index is 13.2. The fraction of sp³-hybridized carbons (Fsp3) is 0.250. The maximum Gasteiger partial charge on any atom is 0.343 e. The van der Waals surface area contributed by atoms with Crippen LogP contribution in [-0.2, 0) is 11.3 Å². The molecule has 0 saturated carbocycles. The molecule has 10 nitrogen and oxygen atoms in total. The summed E-state index contributed by atoms with van der Waals surface area (Å²) in [5, 5.41) is 12.2. The van der Waals surface area contributed by atoms with Crippen LogP contribution in [0.1, 0.15) is 75.7 Å². The molecule has 0 fully saturated rings. The number of nitrogens with zero attached hydrogens (tertiary/aromatic N) is 2. The number of benzene rings is 3. The first kappa shape index (κ1) is 33.4. The second-order valence-electron chi connectivity index (χ2n) is 10.6. The van der Waals surface area contributed by atoms with Gasteiger partial charge in [0.05, 0.1) is 17.7 Å². The van der Waals surface area contributed by atoms with E-state index in [1.807, 2.05) is 0 Å². The number of pyridine rings is 1. The summed E-state index contributed by atoms with van der Waals surface area (Å²) in [6, 6.07) is 22.8. The van der Waals surface area contributed by atoms with Gasteiger partial charge >= 0.3 is 11.9 Å². The molecular formula is C36H37N3O7. The van der Waals surface area contributed by atoms with E-state index in [4.69, 9.17) is 9.47 Å². The van der Waals surface area contributed by atoms with E-state index in [2.05, 4.69) is 17.2 Å². The molecule has 0 aliphatic rings. The van der Waals surface area contributed by atoms with Gasteiger partial charge in [0, 0.05) is 30.2 Å². The molecule has 1 aromatic heterocycles. The van der Waals surface area contributed by atoms with Crippen molar-refractivity contribution >= 4 is 29.4 Å². The molecule has 0 bridgehead atoms. The van der Waals surface area contributed by atoms with E-state index in [0.29, 0.717) is 40.5 Å². The number of esters is 1. The van der Waals surface area contributed by atoms with Gasteiger partial charge in [0.2, 0.25) is 0 Å². The van der Waals surface area contributed by atoms with Gasteiger partial charge in [-0.05, 0) is 84.8 Å². The van der Waals surface area contributed by atoms with Crippen LogP contribution < -0.4 is 14.8 Å². The summed E-state index contributed by atoms with van der Waals surface area (Å²) in [6.45, 7) is 2.31. The Morgan fingerprint density at radius 1 is 0.783 bits per heavy atom. The summed E-state index contributed by atoms with van der Waals surface area (Å²) in [5.41, 5.74) is 2.14. The van der Waals surface area contributed by atoms with Gasteiger partial charge < -0.3 is 24.8 Å². The second kappa shape index (κ2) is 17.1. The highest BCUT2D eigenvalue weighted by Crippen LogP contribution is 2.19. The molecule has 0 atom stereocenters. The number of carbonyl (C=O) groups is 4. The minimum Gasteiger partial charge on any atom is -0.494 e. The lowest BCUT2D eigenvalue weighted by atomic mass is 10.1. The van der Waals surface area contributed by atoms with Gasteiger partial charge in [0.25, 0.3) is 11.8 Å². The average Bonchev–Trinajstić information content (AvgIpc) is 3.07. The van der Waals surface area contributed by atoms with Gasteiger partial charge in [0.15, 0.2) is 0 Å². The molecule has 0 unspecified atom stereocenters. The topological polar surface area (TPSA) is 135 Å². The molecule has 0 aliphatic carbocycles. The molecule has 0 radical (unpaired) electrons. The Kier molecular flexibility index (Phi) is 12.4. The van der Waals surface area contributed by atoms with Crippen LogP contribution in [0.15, 0.2) is 97.3 Å². The lowest BCUT2D eigenvalue weighted by Crippen LogP contribution is -2.35. The molecule has 0 aliphatic heterocycles. The highest BCUT2D eigenvalue weighted by atomic mass is 16.5. The van der Waals surface area contributed by atoms with Crippen molar-refractivity contribution in [2.45, 2.75) is 45.6 Å². The third-order valence-electron chi connectivity index (χ3n) is 7.04. The number of aromatic nitrogens is 1. The Labute approximate surface area is 268 Å². The van der Waals surface area contributed by atoms with Crippen molar-refractivity contribution in [2.24, 2.45) is 0 Å². The number of anilines is 1. The summed E-state index contributed by atoms with van der Waals surface area (Å²) in [6.07, 6.45) is 8.77. The number of carbonyl (C=O) groups excluding carboxylic acids is 3. The molecule has 0 saturated heterocycles. The second-order valence-corrected chi connectivity index (χ2v) is 10.6. The van der Waals surface area contributed by atoms with Crippen LogP contribution in [-0.4, -0.2) is 51.9 Å². The van der Waals surface area contributed by atoms with Crippen molar-refractivity contribution in [1.29, 1.82) is 0 Å². The van der Waals surface area contributed by atoms with Gasteiger partial charge in [-0.3, -0.25) is 19.4 Å². The maximum absolute atomic E-state index is 13.2. The normalized spacial score (nSPS) is 10.5. The lowest BCUT2D eigenvalue weighted by Gasteiger charge is -2.21. The number of unbranched alkanes of at least 4 members (excludes halogenated alkanes) is 4. The predicted molar refractivity (Wildman–Crippen MR) is 173 cm³/mol. The van der Waals surface area contributed by atoms with Crippen molar-refractivity contribution in [1.82, 2.24) is 9.88 Å². The van der Waals surface area contributed by atoms with Gasteiger partial charge in [0.1, 0.15) is 18.0 Å². The van der Waals surface area contributed by atoms with E-state index in [-0.39, 0.29) is 18.0 Å². The Morgan fingerprint density at radius 2 is 1.46 bits per heavy atom. The van der Waals surface area contributed by atoms with E-state index in [1.54, 1.807) is 79.0 Å². The summed E-state index contributed by atoms with van der Waals surface area (Å²) in [4.78, 5) is 55.0. The van der Waals surface area contributed by atoms with Crippen LogP contribution in [0.5, 0.6) is 11.5 Å². The SMILES string of the molecule is CCCCCCCOc1ccc(C(=O)Oc2ccc(CN(CC(=O)O)C(=O)c3ccc(NC(=O)c4cccnc4)cc3)cc2)cc1. The molecule has 3 aromatic carbocycles. The van der Waals surface area contributed by atoms with Gasteiger partial charge in [-0.1, -0.05) is 44.7 Å². The van der Waals surface area contributed by atoms with Crippen LogP contribution in [0.25, 0.3) is 0 Å². The van der Waals surface area contributed by atoms with Crippen molar-refractivity contribution in [3.05, 3.63) is 120 Å². The minimum absolute atomic E-state index is 0.0128. The molecule has 4 rings (SSSR count). The first-order valence-corrected chi connectivity index (χ1v) is 15.2. The monoisotopic (exact) mass is 623 g/mol. The quantitative estimate of drug-likeness (QED) is 0.0807. The third kappa shape index (κ3) is 10.3. The van der Waals surface area contributed by atoms with Crippen LogP contribution in [0, 0.1) is 0 Å². The number of carboxylic acids is 1. The first-order chi connectivity index (χ1) is 22.3. The van der Waals surface area contributed by atoms with E-state index in [9.17, 15) is 24.3 Å². The number of hydrogen-bond donors (Lipinski definition) is 2. The molecular weight excluding hydrogens is 586 g/mol. The number of nitrogens with one attached hydrogen (secondary N) is 1. The lowest BCUT2D eigenvalue weighted by molar-refractivity contribution is -0.137. The van der Waals surface area contributed by atoms with E-state index in [1.165, 1.54) is 42.5 Å². The van der Waals surface area contributed by atoms with E-state index < -0.39 is 24.4 Å². The highest BCUT2D eigenvalue weighted by Gasteiger charge is 2.20. The zero-order valence-corrected chi connectivity index (χ0v) is 25.7. The van der Waals surface area contributed by atoms with Crippen molar-refractivity contribution in [3.8, 4) is 11.5 Å². The van der Waals surface area contributed by atoms with Crippen molar-refractivity contribution < 1.29 is 33.8 Å². The summed E-state index contributed by atoms with van der Waals surface area (Å²) in [5.74, 6) is -1.53. The molecule has 0 spiro atoms. The van der Waals surface area contributed by atoms with E-state index >= 15 is 0 Å². The number of hydrogen-bond acceptors (Lipinski definition) is 7. The molecule has 4 aromatic rings. The predicted octanol–water partition coefficient (Wildman–Crippen LogP) is 6.63. The first-order valence-electron chi connectivity index (χ1n) is 15.2. The fourth-order valence-electron chi connectivity index (χ4n) is 4.57. The zero-order chi connectivity index (χ0) is 32.7. The number of rotatable bonds is 16.